The first-order valence-electron chi connectivity index (χ1n) is 8.92. The summed E-state index contributed by atoms with van der Waals surface area (Å²) in [4.78, 5) is 17.3. The summed E-state index contributed by atoms with van der Waals surface area (Å²) >= 11 is 0. The first-order valence-corrected chi connectivity index (χ1v) is 8.92. The van der Waals surface area contributed by atoms with Crippen LogP contribution in [0.5, 0.6) is 5.75 Å². The van der Waals surface area contributed by atoms with Crippen molar-refractivity contribution in [3.8, 4) is 5.75 Å². The number of methoxy groups -OCH3 is 1. The van der Waals surface area contributed by atoms with Crippen LogP contribution in [0.1, 0.15) is 39.5 Å². The number of piperidine rings is 1. The molecule has 1 saturated heterocycles. The standard InChI is InChI=1S/C19H27FN2O2/c1-13(2)22(16-6-7-18(24-3)17(20)12-16)19(23)14-8-10-21(11-9-14)15-4-5-15/h6-7,12-15H,4-5,8-11H2,1-3H3. The third-order valence-corrected chi connectivity index (χ3v) is 5.11. The van der Waals surface area contributed by atoms with Crippen LogP contribution in [0.2, 0.25) is 0 Å². The number of carbonyl (C=O) groups is 1. The second-order valence-corrected chi connectivity index (χ2v) is 7.16. The summed E-state index contributed by atoms with van der Waals surface area (Å²) in [5, 5.41) is 0. The molecule has 4 nitrogen and oxygen atoms in total. The molecule has 1 heterocycles. The highest BCUT2D eigenvalue weighted by molar-refractivity contribution is 5.95. The van der Waals surface area contributed by atoms with Gasteiger partial charge in [-0.05, 0) is 64.8 Å². The second kappa shape index (κ2) is 7.09. The first-order chi connectivity index (χ1) is 11.5. The minimum Gasteiger partial charge on any atom is -0.494 e. The molecule has 2 fully saturated rings. The van der Waals surface area contributed by atoms with Crippen LogP contribution in [0, 0.1) is 11.7 Å². The Morgan fingerprint density at radius 3 is 2.42 bits per heavy atom. The fourth-order valence-electron chi connectivity index (χ4n) is 3.63. The van der Waals surface area contributed by atoms with Crippen LogP contribution >= 0.6 is 0 Å². The predicted octanol–water partition coefficient (Wildman–Crippen LogP) is 3.45. The third-order valence-electron chi connectivity index (χ3n) is 5.11. The van der Waals surface area contributed by atoms with Gasteiger partial charge in [0.25, 0.3) is 0 Å². The summed E-state index contributed by atoms with van der Waals surface area (Å²) in [7, 11) is 1.44. The average Bonchev–Trinajstić information content (AvgIpc) is 3.40. The van der Waals surface area contributed by atoms with Gasteiger partial charge in [-0.1, -0.05) is 0 Å². The number of hydrogen-bond acceptors (Lipinski definition) is 3. The quantitative estimate of drug-likeness (QED) is 0.827. The molecule has 0 N–H and O–H groups in total. The van der Waals surface area contributed by atoms with Gasteiger partial charge in [0.1, 0.15) is 0 Å². The number of carbonyl (C=O) groups excluding carboxylic acids is 1. The molecule has 0 radical (unpaired) electrons. The molecule has 5 heteroatoms. The molecule has 1 amide bonds. The first kappa shape index (κ1) is 17.2. The Kier molecular flexibility index (Phi) is 5.09. The molecular formula is C19H27FN2O2. The van der Waals surface area contributed by atoms with E-state index in [2.05, 4.69) is 4.90 Å². The maximum atomic E-state index is 14.1. The van der Waals surface area contributed by atoms with Gasteiger partial charge in [-0.2, -0.15) is 0 Å². The zero-order valence-electron chi connectivity index (χ0n) is 14.8. The topological polar surface area (TPSA) is 32.8 Å². The molecule has 132 valence electrons. The summed E-state index contributed by atoms with van der Waals surface area (Å²) in [6.45, 7) is 5.95. The second-order valence-electron chi connectivity index (χ2n) is 7.16. The Labute approximate surface area is 143 Å². The number of amides is 1. The number of rotatable bonds is 5. The highest BCUT2D eigenvalue weighted by Gasteiger charge is 2.35. The van der Waals surface area contributed by atoms with E-state index in [-0.39, 0.29) is 23.6 Å². The smallest absolute Gasteiger partial charge is 0.230 e. The van der Waals surface area contributed by atoms with Crippen molar-refractivity contribution in [3.63, 3.8) is 0 Å². The van der Waals surface area contributed by atoms with Gasteiger partial charge in [-0.15, -0.1) is 0 Å². The van der Waals surface area contributed by atoms with E-state index in [4.69, 9.17) is 4.74 Å². The Morgan fingerprint density at radius 1 is 1.25 bits per heavy atom. The van der Waals surface area contributed by atoms with Crippen LogP contribution in [0.25, 0.3) is 0 Å². The molecule has 1 aliphatic carbocycles. The van der Waals surface area contributed by atoms with Crippen LogP contribution in [0.3, 0.4) is 0 Å². The number of benzene rings is 1. The predicted molar refractivity (Wildman–Crippen MR) is 92.9 cm³/mol. The highest BCUT2D eigenvalue weighted by Crippen LogP contribution is 2.33. The highest BCUT2D eigenvalue weighted by atomic mass is 19.1. The number of hydrogen-bond donors (Lipinski definition) is 0. The molecule has 0 atom stereocenters. The van der Waals surface area contributed by atoms with Crippen LogP contribution < -0.4 is 9.64 Å². The van der Waals surface area contributed by atoms with Crippen molar-refractivity contribution >= 4 is 11.6 Å². The van der Waals surface area contributed by atoms with Crippen molar-refractivity contribution in [1.82, 2.24) is 4.90 Å². The Morgan fingerprint density at radius 2 is 1.92 bits per heavy atom. The van der Waals surface area contributed by atoms with E-state index in [0.717, 1.165) is 32.0 Å². The minimum absolute atomic E-state index is 0.00763. The van der Waals surface area contributed by atoms with Gasteiger partial charge < -0.3 is 14.5 Å². The van der Waals surface area contributed by atoms with Gasteiger partial charge in [0.15, 0.2) is 11.6 Å². The lowest BCUT2D eigenvalue weighted by Gasteiger charge is -2.36. The molecule has 1 aromatic carbocycles. The number of ether oxygens (including phenoxy) is 1. The molecule has 2 aliphatic rings. The largest absolute Gasteiger partial charge is 0.494 e. The van der Waals surface area contributed by atoms with Crippen LogP contribution in [-0.4, -0.2) is 43.1 Å². The molecule has 1 aliphatic heterocycles. The average molecular weight is 334 g/mol. The number of halogens is 1. The Bertz CT molecular complexity index is 593. The Balaban J connectivity index is 1.73. The third kappa shape index (κ3) is 3.56. The number of anilines is 1. The van der Waals surface area contributed by atoms with Crippen molar-refractivity contribution in [3.05, 3.63) is 24.0 Å². The minimum atomic E-state index is -0.433. The zero-order chi connectivity index (χ0) is 17.3. The van der Waals surface area contributed by atoms with Crippen molar-refractivity contribution in [2.75, 3.05) is 25.1 Å². The lowest BCUT2D eigenvalue weighted by atomic mass is 9.94. The summed E-state index contributed by atoms with van der Waals surface area (Å²) in [6.07, 6.45) is 4.41. The van der Waals surface area contributed by atoms with Gasteiger partial charge in [0.2, 0.25) is 5.91 Å². The molecule has 3 rings (SSSR count). The fourth-order valence-corrected chi connectivity index (χ4v) is 3.63. The van der Waals surface area contributed by atoms with Crippen molar-refractivity contribution in [2.45, 2.75) is 51.6 Å². The van der Waals surface area contributed by atoms with Gasteiger partial charge in [0.05, 0.1) is 7.11 Å². The molecule has 0 spiro atoms. The SMILES string of the molecule is COc1ccc(N(C(=O)C2CCN(C3CC3)CC2)C(C)C)cc1F. The zero-order valence-corrected chi connectivity index (χ0v) is 14.8. The fraction of sp³-hybridized carbons (Fsp3) is 0.632. The summed E-state index contributed by atoms with van der Waals surface area (Å²) < 4.78 is 19.0. The van der Waals surface area contributed by atoms with Crippen LogP contribution in [0.15, 0.2) is 18.2 Å². The lowest BCUT2D eigenvalue weighted by Crippen LogP contribution is -2.45. The molecule has 24 heavy (non-hydrogen) atoms. The lowest BCUT2D eigenvalue weighted by molar-refractivity contribution is -0.124. The Hall–Kier alpha value is -1.62. The summed E-state index contributed by atoms with van der Waals surface area (Å²) in [6, 6.07) is 5.50. The van der Waals surface area contributed by atoms with E-state index in [9.17, 15) is 9.18 Å². The summed E-state index contributed by atoms with van der Waals surface area (Å²) in [5.74, 6) is -0.0813. The molecule has 1 aromatic rings. The number of likely N-dealkylation sites (tertiary alicyclic amines) is 1. The van der Waals surface area contributed by atoms with Crippen molar-refractivity contribution in [1.29, 1.82) is 0 Å². The normalized spacial score (nSPS) is 19.5. The van der Waals surface area contributed by atoms with E-state index < -0.39 is 5.82 Å². The maximum absolute atomic E-state index is 14.1. The van der Waals surface area contributed by atoms with E-state index in [1.807, 2.05) is 13.8 Å². The molecule has 0 aromatic heterocycles. The molecular weight excluding hydrogens is 307 g/mol. The van der Waals surface area contributed by atoms with Gasteiger partial charge in [-0.3, -0.25) is 4.79 Å². The van der Waals surface area contributed by atoms with Crippen LogP contribution in [-0.2, 0) is 4.79 Å². The van der Waals surface area contributed by atoms with Gasteiger partial charge in [-0.25, -0.2) is 4.39 Å². The monoisotopic (exact) mass is 334 g/mol. The summed E-state index contributed by atoms with van der Waals surface area (Å²) in [5.41, 5.74) is 0.609. The molecule has 1 saturated carbocycles. The maximum Gasteiger partial charge on any atom is 0.230 e. The van der Waals surface area contributed by atoms with Gasteiger partial charge in [0, 0.05) is 29.8 Å². The number of nitrogens with zero attached hydrogens (tertiary/aromatic N) is 2. The molecule has 0 bridgehead atoms. The van der Waals surface area contributed by atoms with Gasteiger partial charge >= 0.3 is 0 Å². The van der Waals surface area contributed by atoms with Crippen LogP contribution in [0.4, 0.5) is 10.1 Å². The van der Waals surface area contributed by atoms with E-state index in [1.165, 1.54) is 26.0 Å². The van der Waals surface area contributed by atoms with E-state index in [0.29, 0.717) is 5.69 Å². The van der Waals surface area contributed by atoms with E-state index >= 15 is 0 Å². The van der Waals surface area contributed by atoms with Crippen molar-refractivity contribution < 1.29 is 13.9 Å². The molecule has 0 unspecified atom stereocenters. The van der Waals surface area contributed by atoms with Crippen molar-refractivity contribution in [2.24, 2.45) is 5.92 Å². The van der Waals surface area contributed by atoms with E-state index in [1.54, 1.807) is 17.0 Å².